The number of rotatable bonds is 3. The Labute approximate surface area is 115 Å². The van der Waals surface area contributed by atoms with Crippen LogP contribution in [-0.4, -0.2) is 48.1 Å². The average molecular weight is 264 g/mol. The SMILES string of the molecule is CC1(C)CNCCN1CC(=O)NC1(C#N)CCCC1. The number of carbonyl (C=O) groups is 1. The van der Waals surface area contributed by atoms with Crippen molar-refractivity contribution in [1.29, 1.82) is 5.26 Å². The predicted octanol–water partition coefficient (Wildman–Crippen LogP) is 0.623. The lowest BCUT2D eigenvalue weighted by Gasteiger charge is -2.42. The van der Waals surface area contributed by atoms with Crippen LogP contribution >= 0.6 is 0 Å². The van der Waals surface area contributed by atoms with Crippen LogP contribution in [0.2, 0.25) is 0 Å². The Kier molecular flexibility index (Phi) is 4.12. The molecule has 5 nitrogen and oxygen atoms in total. The second-order valence-corrected chi connectivity index (χ2v) is 6.36. The number of hydrogen-bond acceptors (Lipinski definition) is 4. The van der Waals surface area contributed by atoms with Gasteiger partial charge in [0, 0.05) is 25.2 Å². The van der Waals surface area contributed by atoms with Crippen molar-refractivity contribution in [2.45, 2.75) is 50.6 Å². The number of piperazine rings is 1. The number of nitrogens with zero attached hydrogens (tertiary/aromatic N) is 2. The van der Waals surface area contributed by atoms with E-state index >= 15 is 0 Å². The molecule has 0 atom stereocenters. The molecule has 0 unspecified atom stereocenters. The van der Waals surface area contributed by atoms with Crippen LogP contribution in [0, 0.1) is 11.3 Å². The van der Waals surface area contributed by atoms with E-state index in [0.29, 0.717) is 6.54 Å². The zero-order valence-corrected chi connectivity index (χ0v) is 12.0. The van der Waals surface area contributed by atoms with E-state index in [0.717, 1.165) is 45.3 Å². The first-order valence-corrected chi connectivity index (χ1v) is 7.16. The third-order valence-electron chi connectivity index (χ3n) is 4.36. The van der Waals surface area contributed by atoms with E-state index in [9.17, 15) is 10.1 Å². The fraction of sp³-hybridized carbons (Fsp3) is 0.857. The fourth-order valence-electron chi connectivity index (χ4n) is 3.04. The Morgan fingerprint density at radius 3 is 2.68 bits per heavy atom. The highest BCUT2D eigenvalue weighted by Gasteiger charge is 2.37. The summed E-state index contributed by atoms with van der Waals surface area (Å²) in [6.07, 6.45) is 3.65. The molecule has 1 saturated heterocycles. The fourth-order valence-corrected chi connectivity index (χ4v) is 3.04. The average Bonchev–Trinajstić information content (AvgIpc) is 2.81. The summed E-state index contributed by atoms with van der Waals surface area (Å²) in [7, 11) is 0. The van der Waals surface area contributed by atoms with Gasteiger partial charge in [-0.2, -0.15) is 5.26 Å². The quantitative estimate of drug-likeness (QED) is 0.784. The molecular formula is C14H24N4O. The molecular weight excluding hydrogens is 240 g/mol. The molecule has 0 aromatic heterocycles. The van der Waals surface area contributed by atoms with Crippen molar-refractivity contribution < 1.29 is 4.79 Å². The first-order valence-electron chi connectivity index (χ1n) is 7.16. The molecule has 1 saturated carbocycles. The van der Waals surface area contributed by atoms with Gasteiger partial charge in [-0.3, -0.25) is 9.69 Å². The van der Waals surface area contributed by atoms with Gasteiger partial charge in [0.1, 0.15) is 5.54 Å². The van der Waals surface area contributed by atoms with Crippen LogP contribution in [0.4, 0.5) is 0 Å². The molecule has 0 aromatic rings. The van der Waals surface area contributed by atoms with Crippen LogP contribution < -0.4 is 10.6 Å². The van der Waals surface area contributed by atoms with Crippen molar-refractivity contribution in [1.82, 2.24) is 15.5 Å². The van der Waals surface area contributed by atoms with Gasteiger partial charge < -0.3 is 10.6 Å². The van der Waals surface area contributed by atoms with E-state index in [1.54, 1.807) is 0 Å². The van der Waals surface area contributed by atoms with Crippen molar-refractivity contribution in [2.24, 2.45) is 0 Å². The highest BCUT2D eigenvalue weighted by Crippen LogP contribution is 2.28. The molecule has 1 aliphatic heterocycles. The molecule has 1 amide bonds. The minimum atomic E-state index is -0.602. The van der Waals surface area contributed by atoms with E-state index in [2.05, 4.69) is 35.5 Å². The number of nitriles is 1. The summed E-state index contributed by atoms with van der Waals surface area (Å²) >= 11 is 0. The Morgan fingerprint density at radius 1 is 1.42 bits per heavy atom. The molecule has 2 N–H and O–H groups in total. The lowest BCUT2D eigenvalue weighted by Crippen LogP contribution is -2.61. The van der Waals surface area contributed by atoms with E-state index in [-0.39, 0.29) is 11.4 Å². The Bertz CT molecular complexity index is 379. The van der Waals surface area contributed by atoms with Gasteiger partial charge >= 0.3 is 0 Å². The first kappa shape index (κ1) is 14.3. The molecule has 0 aromatic carbocycles. The van der Waals surface area contributed by atoms with Crippen molar-refractivity contribution in [3.63, 3.8) is 0 Å². The molecule has 5 heteroatoms. The summed E-state index contributed by atoms with van der Waals surface area (Å²) in [5.74, 6) is -0.0153. The largest absolute Gasteiger partial charge is 0.337 e. The lowest BCUT2D eigenvalue weighted by molar-refractivity contribution is -0.125. The third-order valence-corrected chi connectivity index (χ3v) is 4.36. The molecule has 106 valence electrons. The van der Waals surface area contributed by atoms with Gasteiger partial charge in [0.2, 0.25) is 5.91 Å². The van der Waals surface area contributed by atoms with E-state index in [1.807, 2.05) is 0 Å². The molecule has 19 heavy (non-hydrogen) atoms. The number of amides is 1. The van der Waals surface area contributed by atoms with Gasteiger partial charge in [-0.15, -0.1) is 0 Å². The van der Waals surface area contributed by atoms with Crippen LogP contribution in [0.25, 0.3) is 0 Å². The van der Waals surface area contributed by atoms with Gasteiger partial charge in [-0.25, -0.2) is 0 Å². The topological polar surface area (TPSA) is 68.2 Å². The van der Waals surface area contributed by atoms with Crippen molar-refractivity contribution in [3.8, 4) is 6.07 Å². The summed E-state index contributed by atoms with van der Waals surface area (Å²) in [4.78, 5) is 14.4. The number of carbonyl (C=O) groups excluding carboxylic acids is 1. The lowest BCUT2D eigenvalue weighted by atomic mass is 9.98. The maximum absolute atomic E-state index is 12.2. The molecule has 2 aliphatic rings. The van der Waals surface area contributed by atoms with Gasteiger partial charge in [0.05, 0.1) is 12.6 Å². The molecule has 1 heterocycles. The van der Waals surface area contributed by atoms with Gasteiger partial charge in [-0.1, -0.05) is 0 Å². The highest BCUT2D eigenvalue weighted by atomic mass is 16.2. The summed E-state index contributed by atoms with van der Waals surface area (Å²) in [5, 5.41) is 15.6. The number of nitrogens with one attached hydrogen (secondary N) is 2. The molecule has 0 radical (unpaired) electrons. The highest BCUT2D eigenvalue weighted by molar-refractivity contribution is 5.79. The summed E-state index contributed by atoms with van der Waals surface area (Å²) in [6.45, 7) is 7.35. The van der Waals surface area contributed by atoms with E-state index in [4.69, 9.17) is 0 Å². The standard InChI is InChI=1S/C14H24N4O/c1-13(2)11-16-7-8-18(13)9-12(19)17-14(10-15)5-3-4-6-14/h16H,3-9,11H2,1-2H3,(H,17,19). The minimum absolute atomic E-state index is 0.00886. The normalized spacial score (nSPS) is 25.7. The van der Waals surface area contributed by atoms with Gasteiger partial charge in [0.15, 0.2) is 0 Å². The Hall–Kier alpha value is -1.12. The van der Waals surface area contributed by atoms with Crippen molar-refractivity contribution in [3.05, 3.63) is 0 Å². The molecule has 1 aliphatic carbocycles. The van der Waals surface area contributed by atoms with Crippen LogP contribution in [0.5, 0.6) is 0 Å². The first-order chi connectivity index (χ1) is 8.97. The second kappa shape index (κ2) is 5.48. The van der Waals surface area contributed by atoms with Crippen molar-refractivity contribution in [2.75, 3.05) is 26.2 Å². The molecule has 0 spiro atoms. The third kappa shape index (κ3) is 3.26. The van der Waals surface area contributed by atoms with Crippen LogP contribution in [0.15, 0.2) is 0 Å². The summed E-state index contributed by atoms with van der Waals surface area (Å²) < 4.78 is 0. The van der Waals surface area contributed by atoms with Gasteiger partial charge in [-0.05, 0) is 39.5 Å². The zero-order valence-electron chi connectivity index (χ0n) is 12.0. The monoisotopic (exact) mass is 264 g/mol. The Morgan fingerprint density at radius 2 is 2.11 bits per heavy atom. The molecule has 0 bridgehead atoms. The van der Waals surface area contributed by atoms with Crippen LogP contribution in [-0.2, 0) is 4.79 Å². The van der Waals surface area contributed by atoms with Crippen LogP contribution in [0.1, 0.15) is 39.5 Å². The maximum Gasteiger partial charge on any atom is 0.235 e. The summed E-state index contributed by atoms with van der Waals surface area (Å²) in [5.41, 5.74) is -0.611. The smallest absolute Gasteiger partial charge is 0.235 e. The maximum atomic E-state index is 12.2. The molecule has 2 fully saturated rings. The predicted molar refractivity (Wildman–Crippen MR) is 73.5 cm³/mol. The van der Waals surface area contributed by atoms with Gasteiger partial charge in [0.25, 0.3) is 0 Å². The van der Waals surface area contributed by atoms with Crippen molar-refractivity contribution >= 4 is 5.91 Å². The second-order valence-electron chi connectivity index (χ2n) is 6.36. The summed E-state index contributed by atoms with van der Waals surface area (Å²) in [6, 6.07) is 2.30. The zero-order chi connectivity index (χ0) is 13.9. The van der Waals surface area contributed by atoms with Crippen LogP contribution in [0.3, 0.4) is 0 Å². The van der Waals surface area contributed by atoms with E-state index < -0.39 is 5.54 Å². The number of hydrogen-bond donors (Lipinski definition) is 2. The molecule has 2 rings (SSSR count). The Balaban J connectivity index is 1.92. The van der Waals surface area contributed by atoms with E-state index in [1.165, 1.54) is 0 Å². The minimum Gasteiger partial charge on any atom is -0.337 e.